The zero-order valence-corrected chi connectivity index (χ0v) is 13.3. The van der Waals surface area contributed by atoms with Crippen molar-refractivity contribution >= 4 is 22.8 Å². The van der Waals surface area contributed by atoms with Gasteiger partial charge in [-0.2, -0.15) is 0 Å². The Morgan fingerprint density at radius 2 is 1.75 bits per heavy atom. The summed E-state index contributed by atoms with van der Waals surface area (Å²) in [5, 5.41) is 12.5. The van der Waals surface area contributed by atoms with Crippen molar-refractivity contribution in [3.05, 3.63) is 71.9 Å². The Bertz CT molecular complexity index is 884. The number of nitrogens with zero attached hydrogens (tertiary/aromatic N) is 1. The van der Waals surface area contributed by atoms with Gasteiger partial charge in [-0.1, -0.05) is 48.5 Å². The zero-order valence-electron chi connectivity index (χ0n) is 13.3. The first-order valence-electron chi connectivity index (χ1n) is 7.72. The van der Waals surface area contributed by atoms with E-state index in [0.29, 0.717) is 12.2 Å². The Morgan fingerprint density at radius 1 is 1.08 bits per heavy atom. The smallest absolute Gasteiger partial charge is 0.325 e. The predicted octanol–water partition coefficient (Wildman–Crippen LogP) is 2.89. The maximum absolute atomic E-state index is 12.5. The first-order valence-corrected chi connectivity index (χ1v) is 7.72. The van der Waals surface area contributed by atoms with Crippen LogP contribution in [0.4, 0.5) is 0 Å². The van der Waals surface area contributed by atoms with Gasteiger partial charge in [0.15, 0.2) is 0 Å². The lowest BCUT2D eigenvalue weighted by Gasteiger charge is -2.13. The molecule has 1 heterocycles. The maximum Gasteiger partial charge on any atom is 0.325 e. The van der Waals surface area contributed by atoms with Crippen LogP contribution < -0.4 is 5.32 Å². The number of amides is 1. The van der Waals surface area contributed by atoms with E-state index >= 15 is 0 Å². The molecule has 0 aliphatic carbocycles. The number of fused-ring (bicyclic) bond motifs is 1. The van der Waals surface area contributed by atoms with Crippen LogP contribution in [0.3, 0.4) is 0 Å². The third kappa shape index (κ3) is 3.15. The monoisotopic (exact) mass is 322 g/mol. The largest absolute Gasteiger partial charge is 0.480 e. The van der Waals surface area contributed by atoms with E-state index in [-0.39, 0.29) is 0 Å². The van der Waals surface area contributed by atoms with Gasteiger partial charge in [-0.25, -0.2) is 0 Å². The molecule has 0 saturated carbocycles. The molecule has 0 aliphatic rings. The van der Waals surface area contributed by atoms with Gasteiger partial charge in [0.2, 0.25) is 0 Å². The van der Waals surface area contributed by atoms with Crippen molar-refractivity contribution in [3.63, 3.8) is 0 Å². The molecule has 0 bridgehead atoms. The minimum atomic E-state index is -1.06. The van der Waals surface area contributed by atoms with Crippen molar-refractivity contribution < 1.29 is 14.7 Å². The minimum absolute atomic E-state index is 0.392. The highest BCUT2D eigenvalue weighted by molar-refractivity contribution is 6.00. The Labute approximate surface area is 139 Å². The summed E-state index contributed by atoms with van der Waals surface area (Å²) in [6, 6.07) is 18.4. The Balaban J connectivity index is 2.02. The maximum atomic E-state index is 12.5. The molecule has 3 rings (SSSR count). The molecule has 2 N–H and O–H groups in total. The SMILES string of the molecule is C[C@H](NC(=O)c1cc2ccccc2n1Cc1ccccc1)C(=O)O. The van der Waals surface area contributed by atoms with Crippen LogP contribution in [0.25, 0.3) is 10.9 Å². The second kappa shape index (κ2) is 6.58. The van der Waals surface area contributed by atoms with Crippen molar-refractivity contribution in [3.8, 4) is 0 Å². The van der Waals surface area contributed by atoms with E-state index in [1.165, 1.54) is 6.92 Å². The number of para-hydroxylation sites is 1. The number of rotatable bonds is 5. The summed E-state index contributed by atoms with van der Waals surface area (Å²) in [6.45, 7) is 1.99. The molecule has 24 heavy (non-hydrogen) atoms. The van der Waals surface area contributed by atoms with Gasteiger partial charge in [0, 0.05) is 17.4 Å². The van der Waals surface area contributed by atoms with E-state index < -0.39 is 17.9 Å². The molecule has 122 valence electrons. The Morgan fingerprint density at radius 3 is 2.46 bits per heavy atom. The molecule has 0 radical (unpaired) electrons. The van der Waals surface area contributed by atoms with Crippen LogP contribution in [0.2, 0.25) is 0 Å². The summed E-state index contributed by atoms with van der Waals surface area (Å²) < 4.78 is 1.91. The molecule has 0 fully saturated rings. The third-order valence-corrected chi connectivity index (χ3v) is 3.94. The molecule has 2 aromatic carbocycles. The molecule has 3 aromatic rings. The van der Waals surface area contributed by atoms with Crippen molar-refractivity contribution in [2.75, 3.05) is 0 Å². The zero-order chi connectivity index (χ0) is 17.1. The number of carbonyl (C=O) groups excluding carboxylic acids is 1. The molecular formula is C19H18N2O3. The number of hydrogen-bond acceptors (Lipinski definition) is 2. The van der Waals surface area contributed by atoms with Crippen molar-refractivity contribution in [2.45, 2.75) is 19.5 Å². The first kappa shape index (κ1) is 15.8. The number of nitrogens with one attached hydrogen (secondary N) is 1. The molecule has 0 unspecified atom stereocenters. The highest BCUT2D eigenvalue weighted by Crippen LogP contribution is 2.21. The summed E-state index contributed by atoms with van der Waals surface area (Å²) in [5.41, 5.74) is 2.46. The number of carboxylic acids is 1. The number of carbonyl (C=O) groups is 2. The van der Waals surface area contributed by atoms with Crippen LogP contribution in [-0.2, 0) is 11.3 Å². The highest BCUT2D eigenvalue weighted by atomic mass is 16.4. The molecule has 0 spiro atoms. The van der Waals surface area contributed by atoms with Crippen LogP contribution in [0.5, 0.6) is 0 Å². The van der Waals surface area contributed by atoms with Crippen LogP contribution >= 0.6 is 0 Å². The molecule has 1 atom stereocenters. The van der Waals surface area contributed by atoms with E-state index in [2.05, 4.69) is 5.32 Å². The lowest BCUT2D eigenvalue weighted by molar-refractivity contribution is -0.138. The van der Waals surface area contributed by atoms with E-state index in [4.69, 9.17) is 5.11 Å². The standard InChI is InChI=1S/C19H18N2O3/c1-13(19(23)24)20-18(22)17-11-15-9-5-6-10-16(15)21(17)12-14-7-3-2-4-8-14/h2-11,13H,12H2,1H3,(H,20,22)(H,23,24)/t13-/m0/s1. The molecule has 1 amide bonds. The van der Waals surface area contributed by atoms with Gasteiger partial charge < -0.3 is 15.0 Å². The second-order valence-electron chi connectivity index (χ2n) is 5.69. The topological polar surface area (TPSA) is 71.3 Å². The number of aromatic nitrogens is 1. The van der Waals surface area contributed by atoms with Crippen LogP contribution in [0.1, 0.15) is 23.0 Å². The lowest BCUT2D eigenvalue weighted by atomic mass is 10.2. The molecule has 5 heteroatoms. The fourth-order valence-electron chi connectivity index (χ4n) is 2.67. The fourth-order valence-corrected chi connectivity index (χ4v) is 2.67. The van der Waals surface area contributed by atoms with Crippen LogP contribution in [-0.4, -0.2) is 27.6 Å². The minimum Gasteiger partial charge on any atom is -0.480 e. The molecule has 5 nitrogen and oxygen atoms in total. The van der Waals surface area contributed by atoms with Crippen LogP contribution in [0, 0.1) is 0 Å². The van der Waals surface area contributed by atoms with E-state index in [9.17, 15) is 9.59 Å². The number of carboxylic acid groups (broad SMARTS) is 1. The summed E-state index contributed by atoms with van der Waals surface area (Å²) in [6.07, 6.45) is 0. The van der Waals surface area contributed by atoms with Crippen molar-refractivity contribution in [1.29, 1.82) is 0 Å². The van der Waals surface area contributed by atoms with Gasteiger partial charge in [-0.3, -0.25) is 9.59 Å². The predicted molar refractivity (Wildman–Crippen MR) is 92.0 cm³/mol. The normalized spacial score (nSPS) is 12.0. The summed E-state index contributed by atoms with van der Waals surface area (Å²) in [4.78, 5) is 23.5. The second-order valence-corrected chi connectivity index (χ2v) is 5.69. The summed E-state index contributed by atoms with van der Waals surface area (Å²) >= 11 is 0. The molecule has 1 aromatic heterocycles. The Kier molecular flexibility index (Phi) is 4.33. The third-order valence-electron chi connectivity index (χ3n) is 3.94. The van der Waals surface area contributed by atoms with Gasteiger partial charge in [-0.15, -0.1) is 0 Å². The fraction of sp³-hybridized carbons (Fsp3) is 0.158. The summed E-state index contributed by atoms with van der Waals surface area (Å²) in [5.74, 6) is -1.45. The van der Waals surface area contributed by atoms with Crippen LogP contribution in [0.15, 0.2) is 60.7 Å². The van der Waals surface area contributed by atoms with Gasteiger partial charge in [-0.05, 0) is 24.6 Å². The van der Waals surface area contributed by atoms with Gasteiger partial charge in [0.1, 0.15) is 11.7 Å². The molecule has 0 aliphatic heterocycles. The molecule has 0 saturated heterocycles. The van der Waals surface area contributed by atoms with E-state index in [1.54, 1.807) is 6.07 Å². The average molecular weight is 322 g/mol. The molecular weight excluding hydrogens is 304 g/mol. The highest BCUT2D eigenvalue weighted by Gasteiger charge is 2.20. The average Bonchev–Trinajstić information content (AvgIpc) is 2.94. The number of benzene rings is 2. The first-order chi connectivity index (χ1) is 11.6. The van der Waals surface area contributed by atoms with Gasteiger partial charge >= 0.3 is 5.97 Å². The quantitative estimate of drug-likeness (QED) is 0.759. The number of aliphatic carboxylic acids is 1. The van der Waals surface area contributed by atoms with Gasteiger partial charge in [0.25, 0.3) is 5.91 Å². The van der Waals surface area contributed by atoms with E-state index in [1.807, 2.05) is 59.2 Å². The van der Waals surface area contributed by atoms with E-state index in [0.717, 1.165) is 16.5 Å². The van der Waals surface area contributed by atoms with Crippen molar-refractivity contribution in [1.82, 2.24) is 9.88 Å². The Hall–Kier alpha value is -3.08. The number of hydrogen-bond donors (Lipinski definition) is 2. The lowest BCUT2D eigenvalue weighted by Crippen LogP contribution is -2.39. The summed E-state index contributed by atoms with van der Waals surface area (Å²) in [7, 11) is 0. The van der Waals surface area contributed by atoms with Crippen molar-refractivity contribution in [2.24, 2.45) is 0 Å². The van der Waals surface area contributed by atoms with Gasteiger partial charge in [0.05, 0.1) is 0 Å².